The van der Waals surface area contributed by atoms with Gasteiger partial charge in [-0.3, -0.25) is 4.79 Å². The van der Waals surface area contributed by atoms with Gasteiger partial charge in [0.15, 0.2) is 5.78 Å². The molecule has 1 aromatic carbocycles. The van der Waals surface area contributed by atoms with Gasteiger partial charge < -0.3 is 10.6 Å². The first kappa shape index (κ1) is 16.1. The Hall–Kier alpha value is -1.78. The Morgan fingerprint density at radius 3 is 2.74 bits per heavy atom. The number of carbonyl (C=O) groups is 1. The molecule has 0 radical (unpaired) electrons. The molecule has 0 aromatic heterocycles. The van der Waals surface area contributed by atoms with Crippen LogP contribution in [0.5, 0.6) is 0 Å². The van der Waals surface area contributed by atoms with Gasteiger partial charge in [-0.25, -0.2) is 0 Å². The van der Waals surface area contributed by atoms with Gasteiger partial charge in [0.25, 0.3) is 0 Å². The van der Waals surface area contributed by atoms with Gasteiger partial charge in [-0.05, 0) is 48.5 Å². The van der Waals surface area contributed by atoms with Crippen molar-refractivity contribution in [3.05, 3.63) is 52.7 Å². The molecule has 120 valence electrons. The fourth-order valence-corrected chi connectivity index (χ4v) is 3.59. The summed E-state index contributed by atoms with van der Waals surface area (Å²) >= 11 is 5.59. The molecule has 0 spiro atoms. The second-order valence-electron chi connectivity index (χ2n) is 6.05. The molecular weight excluding hydrogens is 304 g/mol. The highest BCUT2D eigenvalue weighted by Crippen LogP contribution is 2.31. The topological polar surface area (TPSA) is 46.3 Å². The second-order valence-corrected chi connectivity index (χ2v) is 6.52. The lowest BCUT2D eigenvalue weighted by Gasteiger charge is -2.32. The number of ketones is 1. The molecule has 3 nitrogen and oxygen atoms in total. The molecule has 2 N–H and O–H groups in total. The van der Waals surface area contributed by atoms with Crippen LogP contribution >= 0.6 is 12.2 Å². The van der Waals surface area contributed by atoms with E-state index >= 15 is 0 Å². The molecule has 0 fully saturated rings. The summed E-state index contributed by atoms with van der Waals surface area (Å²) < 4.78 is 0. The molecule has 23 heavy (non-hydrogen) atoms. The number of nitrogens with two attached hydrogens (primary N) is 1. The van der Waals surface area contributed by atoms with E-state index in [1.165, 1.54) is 16.7 Å². The summed E-state index contributed by atoms with van der Waals surface area (Å²) in [6.07, 6.45) is 8.08. The Labute approximate surface area is 142 Å². The van der Waals surface area contributed by atoms with Gasteiger partial charge in [-0.1, -0.05) is 36.5 Å². The van der Waals surface area contributed by atoms with E-state index in [0.29, 0.717) is 19.5 Å². The highest BCUT2D eigenvalue weighted by molar-refractivity contribution is 7.80. The lowest BCUT2D eigenvalue weighted by Crippen LogP contribution is -2.35. The summed E-state index contributed by atoms with van der Waals surface area (Å²) in [6, 6.07) is 8.43. The molecule has 4 heteroatoms. The first-order valence-corrected chi connectivity index (χ1v) is 8.63. The summed E-state index contributed by atoms with van der Waals surface area (Å²) in [5.41, 5.74) is 10.5. The molecule has 3 rings (SSSR count). The molecular formula is C19H22N2OS. The van der Waals surface area contributed by atoms with Crippen LogP contribution in [0.1, 0.15) is 36.8 Å². The normalized spacial score (nSPS) is 21.0. The van der Waals surface area contributed by atoms with Crippen molar-refractivity contribution in [2.45, 2.75) is 32.1 Å². The summed E-state index contributed by atoms with van der Waals surface area (Å²) in [6.45, 7) is 1.19. The Morgan fingerprint density at radius 2 is 1.91 bits per heavy atom. The Bertz CT molecular complexity index is 690. The number of aryl methyl sites for hydroxylation is 1. The molecule has 0 saturated carbocycles. The number of thiocarbonyl (C=S) groups is 1. The van der Waals surface area contributed by atoms with E-state index < -0.39 is 0 Å². The molecule has 0 saturated heterocycles. The van der Waals surface area contributed by atoms with E-state index in [4.69, 9.17) is 18.0 Å². The fraction of sp³-hybridized carbons (Fsp3) is 0.368. The zero-order valence-electron chi connectivity index (χ0n) is 13.3. The Kier molecular flexibility index (Phi) is 5.03. The van der Waals surface area contributed by atoms with Gasteiger partial charge in [0.1, 0.15) is 0 Å². The van der Waals surface area contributed by atoms with Crippen LogP contribution in [0.2, 0.25) is 0 Å². The number of benzene rings is 1. The first-order valence-electron chi connectivity index (χ1n) is 8.23. The third-order valence-corrected chi connectivity index (χ3v) is 4.86. The van der Waals surface area contributed by atoms with E-state index in [2.05, 4.69) is 35.2 Å². The lowest BCUT2D eigenvalue weighted by molar-refractivity contribution is -0.114. The summed E-state index contributed by atoms with van der Waals surface area (Å²) in [4.78, 5) is 15.2. The van der Waals surface area contributed by atoms with Gasteiger partial charge in [-0.2, -0.15) is 0 Å². The number of rotatable bonds is 3. The zero-order valence-corrected chi connectivity index (χ0v) is 14.1. The third-order valence-electron chi connectivity index (χ3n) is 4.43. The van der Waals surface area contributed by atoms with Crippen LogP contribution in [0.3, 0.4) is 0 Å². The number of carbonyl (C=O) groups excluding carboxylic acids is 1. The van der Waals surface area contributed by atoms with E-state index in [0.717, 1.165) is 36.4 Å². The minimum absolute atomic E-state index is 0.185. The SMILES string of the molecule is NCCN1C(=S)CCCC(=O)/C=C\1C1=Cc2ccccc2CC1. The number of allylic oxidation sites excluding steroid dienone is 2. The van der Waals surface area contributed by atoms with Crippen molar-refractivity contribution in [3.63, 3.8) is 0 Å². The van der Waals surface area contributed by atoms with Gasteiger partial charge in [0.2, 0.25) is 0 Å². The molecule has 1 aliphatic heterocycles. The molecule has 1 aromatic rings. The van der Waals surface area contributed by atoms with Crippen molar-refractivity contribution in [1.29, 1.82) is 0 Å². The van der Waals surface area contributed by atoms with Crippen LogP contribution in [0, 0.1) is 0 Å². The number of fused-ring (bicyclic) bond motifs is 1. The van der Waals surface area contributed by atoms with Gasteiger partial charge in [-0.15, -0.1) is 0 Å². The van der Waals surface area contributed by atoms with Crippen LogP contribution in [0.15, 0.2) is 41.6 Å². The molecule has 0 unspecified atom stereocenters. The molecule has 2 aliphatic rings. The third kappa shape index (κ3) is 3.59. The van der Waals surface area contributed by atoms with Crippen molar-refractivity contribution < 1.29 is 4.79 Å². The zero-order chi connectivity index (χ0) is 16.2. The van der Waals surface area contributed by atoms with E-state index in [1.54, 1.807) is 6.08 Å². The number of hydrogen-bond donors (Lipinski definition) is 1. The monoisotopic (exact) mass is 326 g/mol. The largest absolute Gasteiger partial charge is 0.334 e. The van der Waals surface area contributed by atoms with Gasteiger partial charge in [0, 0.05) is 31.3 Å². The van der Waals surface area contributed by atoms with E-state index in [-0.39, 0.29) is 5.78 Å². The highest BCUT2D eigenvalue weighted by atomic mass is 32.1. The van der Waals surface area contributed by atoms with Crippen LogP contribution in [0.4, 0.5) is 0 Å². The standard InChI is InChI=1S/C19H22N2OS/c20-10-11-21-18(13-17(22)6-3-7-19(21)23)16-9-8-14-4-1-2-5-15(14)12-16/h1-2,4-5,12-13H,3,6-11,20H2/b18-13-. The fourth-order valence-electron chi connectivity index (χ4n) is 3.26. The van der Waals surface area contributed by atoms with Gasteiger partial charge >= 0.3 is 0 Å². The van der Waals surface area contributed by atoms with Crippen LogP contribution < -0.4 is 5.73 Å². The average Bonchev–Trinajstić information content (AvgIpc) is 2.56. The predicted octanol–water partition coefficient (Wildman–Crippen LogP) is 3.24. The van der Waals surface area contributed by atoms with E-state index in [1.807, 2.05) is 0 Å². The molecule has 1 aliphatic carbocycles. The highest BCUT2D eigenvalue weighted by Gasteiger charge is 2.23. The summed E-state index contributed by atoms with van der Waals surface area (Å²) in [5.74, 6) is 0.185. The van der Waals surface area contributed by atoms with Crippen molar-refractivity contribution in [3.8, 4) is 0 Å². The summed E-state index contributed by atoms with van der Waals surface area (Å²) in [5, 5.41) is 0. The molecule has 0 atom stereocenters. The minimum Gasteiger partial charge on any atom is -0.334 e. The number of hydrogen-bond acceptors (Lipinski definition) is 3. The van der Waals surface area contributed by atoms with Crippen LogP contribution in [-0.4, -0.2) is 28.8 Å². The van der Waals surface area contributed by atoms with Crippen molar-refractivity contribution >= 4 is 29.1 Å². The maximum Gasteiger partial charge on any atom is 0.157 e. The second kappa shape index (κ2) is 7.20. The van der Waals surface area contributed by atoms with Crippen molar-refractivity contribution in [1.82, 2.24) is 4.90 Å². The molecule has 0 bridgehead atoms. The van der Waals surface area contributed by atoms with E-state index in [9.17, 15) is 4.79 Å². The summed E-state index contributed by atoms with van der Waals surface area (Å²) in [7, 11) is 0. The minimum atomic E-state index is 0.185. The molecule has 1 heterocycles. The van der Waals surface area contributed by atoms with Crippen molar-refractivity contribution in [2.24, 2.45) is 5.73 Å². The predicted molar refractivity (Wildman–Crippen MR) is 98.0 cm³/mol. The maximum absolute atomic E-state index is 12.2. The number of nitrogens with zero attached hydrogens (tertiary/aromatic N) is 1. The van der Waals surface area contributed by atoms with Crippen molar-refractivity contribution in [2.75, 3.05) is 13.1 Å². The van der Waals surface area contributed by atoms with Crippen LogP contribution in [-0.2, 0) is 11.2 Å². The maximum atomic E-state index is 12.2. The Balaban J connectivity index is 2.02. The Morgan fingerprint density at radius 1 is 1.09 bits per heavy atom. The van der Waals surface area contributed by atoms with Gasteiger partial charge in [0.05, 0.1) is 4.99 Å². The molecule has 0 amide bonds. The quantitative estimate of drug-likeness (QED) is 0.866. The first-order chi connectivity index (χ1) is 11.2. The smallest absolute Gasteiger partial charge is 0.157 e. The van der Waals surface area contributed by atoms with Crippen LogP contribution in [0.25, 0.3) is 6.08 Å². The average molecular weight is 326 g/mol. The lowest BCUT2D eigenvalue weighted by atomic mass is 9.89.